The van der Waals surface area contributed by atoms with Crippen LogP contribution in [0, 0.1) is 0 Å². The zero-order valence-corrected chi connectivity index (χ0v) is 10.9. The molecule has 5 nitrogen and oxygen atoms in total. The van der Waals surface area contributed by atoms with Crippen molar-refractivity contribution >= 4 is 22.5 Å². The van der Waals surface area contributed by atoms with Gasteiger partial charge in [0.2, 0.25) is 6.10 Å². The minimum Gasteiger partial charge on any atom is -0.497 e. The standard InChI is InChI=1S/C15H13NO4/c1-19-12-5-4-9-6-11(3-2-10(9)7-12)13-8-14(15(17)18)20-16-13/h2-7,14H,8H2,1H3,(H,17,18). The Kier molecular flexibility index (Phi) is 3.02. The molecule has 0 aromatic heterocycles. The third-order valence-electron chi connectivity index (χ3n) is 3.32. The molecule has 2 aromatic carbocycles. The van der Waals surface area contributed by atoms with Crippen molar-refractivity contribution in [2.24, 2.45) is 5.16 Å². The largest absolute Gasteiger partial charge is 0.497 e. The molecule has 0 radical (unpaired) electrons. The molecule has 1 aliphatic rings. The number of carboxylic acid groups (broad SMARTS) is 1. The summed E-state index contributed by atoms with van der Waals surface area (Å²) in [4.78, 5) is 15.7. The van der Waals surface area contributed by atoms with Gasteiger partial charge in [-0.15, -0.1) is 0 Å². The molecule has 0 aliphatic carbocycles. The minimum atomic E-state index is -0.991. The van der Waals surface area contributed by atoms with Crippen molar-refractivity contribution < 1.29 is 19.5 Å². The summed E-state index contributed by atoms with van der Waals surface area (Å²) in [5.41, 5.74) is 1.54. The second kappa shape index (κ2) is 4.85. The fourth-order valence-corrected chi connectivity index (χ4v) is 2.21. The molecular formula is C15H13NO4. The van der Waals surface area contributed by atoms with E-state index in [0.29, 0.717) is 5.71 Å². The van der Waals surface area contributed by atoms with Crippen LogP contribution >= 0.6 is 0 Å². The van der Waals surface area contributed by atoms with Gasteiger partial charge in [-0.25, -0.2) is 4.79 Å². The number of hydrogen-bond acceptors (Lipinski definition) is 4. The van der Waals surface area contributed by atoms with E-state index in [1.807, 2.05) is 36.4 Å². The van der Waals surface area contributed by atoms with Gasteiger partial charge in [-0.05, 0) is 29.0 Å². The lowest BCUT2D eigenvalue weighted by molar-refractivity contribution is -0.148. The Hall–Kier alpha value is -2.56. The highest BCUT2D eigenvalue weighted by Crippen LogP contribution is 2.24. The normalized spacial score (nSPS) is 17.6. The van der Waals surface area contributed by atoms with Gasteiger partial charge in [0.15, 0.2) is 0 Å². The second-order valence-corrected chi connectivity index (χ2v) is 4.60. The molecule has 0 fully saturated rings. The van der Waals surface area contributed by atoms with E-state index in [-0.39, 0.29) is 6.42 Å². The van der Waals surface area contributed by atoms with Crippen molar-refractivity contribution in [3.8, 4) is 5.75 Å². The molecule has 1 aliphatic heterocycles. The van der Waals surface area contributed by atoms with E-state index in [0.717, 1.165) is 22.1 Å². The topological polar surface area (TPSA) is 68.1 Å². The van der Waals surface area contributed by atoms with Gasteiger partial charge in [-0.1, -0.05) is 23.4 Å². The molecule has 1 unspecified atom stereocenters. The van der Waals surface area contributed by atoms with Crippen LogP contribution in [0.4, 0.5) is 0 Å². The zero-order valence-electron chi connectivity index (χ0n) is 10.9. The van der Waals surface area contributed by atoms with E-state index in [9.17, 15) is 4.79 Å². The van der Waals surface area contributed by atoms with Crippen molar-refractivity contribution in [1.82, 2.24) is 0 Å². The number of benzene rings is 2. The molecular weight excluding hydrogens is 258 g/mol. The summed E-state index contributed by atoms with van der Waals surface area (Å²) in [5.74, 6) is -0.188. The molecule has 0 saturated heterocycles. The van der Waals surface area contributed by atoms with Crippen molar-refractivity contribution in [1.29, 1.82) is 0 Å². The fourth-order valence-electron chi connectivity index (χ4n) is 2.21. The van der Waals surface area contributed by atoms with Crippen LogP contribution in [0.3, 0.4) is 0 Å². The van der Waals surface area contributed by atoms with Gasteiger partial charge in [-0.3, -0.25) is 0 Å². The van der Waals surface area contributed by atoms with E-state index in [1.165, 1.54) is 0 Å². The molecule has 3 rings (SSSR count). The molecule has 102 valence electrons. The van der Waals surface area contributed by atoms with Crippen molar-refractivity contribution in [2.45, 2.75) is 12.5 Å². The third kappa shape index (κ3) is 2.18. The number of rotatable bonds is 3. The van der Waals surface area contributed by atoms with Crippen molar-refractivity contribution in [3.63, 3.8) is 0 Å². The van der Waals surface area contributed by atoms with E-state index >= 15 is 0 Å². The molecule has 0 spiro atoms. The van der Waals surface area contributed by atoms with Gasteiger partial charge < -0.3 is 14.7 Å². The molecule has 1 atom stereocenters. The predicted octanol–water partition coefficient (Wildman–Crippen LogP) is 2.43. The average Bonchev–Trinajstić information content (AvgIpc) is 2.96. The first-order valence-electron chi connectivity index (χ1n) is 6.21. The first kappa shape index (κ1) is 12.5. The number of carboxylic acids is 1. The second-order valence-electron chi connectivity index (χ2n) is 4.60. The van der Waals surface area contributed by atoms with Crippen molar-refractivity contribution in [3.05, 3.63) is 42.0 Å². The quantitative estimate of drug-likeness (QED) is 0.930. The Labute approximate surface area is 115 Å². The van der Waals surface area contributed by atoms with Crippen molar-refractivity contribution in [2.75, 3.05) is 7.11 Å². The summed E-state index contributed by atoms with van der Waals surface area (Å²) in [6.07, 6.45) is -0.589. The molecule has 2 aromatic rings. The zero-order chi connectivity index (χ0) is 14.1. The Bertz CT molecular complexity index is 708. The Balaban J connectivity index is 1.92. The number of methoxy groups -OCH3 is 1. The van der Waals surface area contributed by atoms with E-state index < -0.39 is 12.1 Å². The van der Waals surface area contributed by atoms with Gasteiger partial charge in [0, 0.05) is 12.0 Å². The predicted molar refractivity (Wildman–Crippen MR) is 74.2 cm³/mol. The molecule has 1 N–H and O–H groups in total. The molecule has 20 heavy (non-hydrogen) atoms. The summed E-state index contributed by atoms with van der Waals surface area (Å²) in [5, 5.41) is 14.9. The number of oxime groups is 1. The minimum absolute atomic E-state index is 0.289. The Morgan fingerprint density at radius 3 is 2.75 bits per heavy atom. The van der Waals surface area contributed by atoms with Gasteiger partial charge in [0.05, 0.1) is 12.8 Å². The third-order valence-corrected chi connectivity index (χ3v) is 3.32. The van der Waals surface area contributed by atoms with E-state index in [4.69, 9.17) is 14.7 Å². The lowest BCUT2D eigenvalue weighted by atomic mass is 10.0. The maximum Gasteiger partial charge on any atom is 0.348 e. The first-order chi connectivity index (χ1) is 9.67. The van der Waals surface area contributed by atoms with Crippen LogP contribution in [0.1, 0.15) is 12.0 Å². The van der Waals surface area contributed by atoms with Crippen LogP contribution in [-0.2, 0) is 9.63 Å². The lowest BCUT2D eigenvalue weighted by Gasteiger charge is -2.05. The molecule has 1 heterocycles. The van der Waals surface area contributed by atoms with Gasteiger partial charge >= 0.3 is 5.97 Å². The van der Waals surface area contributed by atoms with E-state index in [1.54, 1.807) is 7.11 Å². The maximum absolute atomic E-state index is 10.8. The summed E-state index contributed by atoms with van der Waals surface area (Å²) in [6, 6.07) is 11.6. The van der Waals surface area contributed by atoms with Crippen LogP contribution in [0.25, 0.3) is 10.8 Å². The van der Waals surface area contributed by atoms with Gasteiger partial charge in [-0.2, -0.15) is 0 Å². The first-order valence-corrected chi connectivity index (χ1v) is 6.21. The SMILES string of the molecule is COc1ccc2cc(C3=NOC(C(=O)O)C3)ccc2c1. The summed E-state index contributed by atoms with van der Waals surface area (Å²) < 4.78 is 5.18. The molecule has 0 bridgehead atoms. The summed E-state index contributed by atoms with van der Waals surface area (Å²) >= 11 is 0. The highest BCUT2D eigenvalue weighted by atomic mass is 16.7. The highest BCUT2D eigenvalue weighted by Gasteiger charge is 2.28. The van der Waals surface area contributed by atoms with Crippen LogP contribution in [-0.4, -0.2) is 30.0 Å². The smallest absolute Gasteiger partial charge is 0.348 e. The number of ether oxygens (including phenoxy) is 1. The highest BCUT2D eigenvalue weighted by molar-refractivity contribution is 6.05. The summed E-state index contributed by atoms with van der Waals surface area (Å²) in [7, 11) is 1.63. The van der Waals surface area contributed by atoms with Crippen LogP contribution < -0.4 is 4.74 Å². The lowest BCUT2D eigenvalue weighted by Crippen LogP contribution is -2.19. The maximum atomic E-state index is 10.8. The molecule has 5 heteroatoms. The van der Waals surface area contributed by atoms with E-state index in [2.05, 4.69) is 5.16 Å². The molecule has 0 amide bonds. The van der Waals surface area contributed by atoms with Gasteiger partial charge in [0.25, 0.3) is 0 Å². The number of carbonyl (C=O) groups is 1. The average molecular weight is 271 g/mol. The van der Waals surface area contributed by atoms with Crippen LogP contribution in [0.5, 0.6) is 5.75 Å². The van der Waals surface area contributed by atoms with Crippen LogP contribution in [0.2, 0.25) is 0 Å². The molecule has 0 saturated carbocycles. The van der Waals surface area contributed by atoms with Gasteiger partial charge in [0.1, 0.15) is 5.75 Å². The Morgan fingerprint density at radius 2 is 2.05 bits per heavy atom. The number of fused-ring (bicyclic) bond motifs is 1. The monoisotopic (exact) mass is 271 g/mol. The number of nitrogens with zero attached hydrogens (tertiary/aromatic N) is 1. The van der Waals surface area contributed by atoms with Crippen LogP contribution in [0.15, 0.2) is 41.6 Å². The fraction of sp³-hybridized carbons (Fsp3) is 0.200. The number of aliphatic carboxylic acids is 1. The summed E-state index contributed by atoms with van der Waals surface area (Å²) in [6.45, 7) is 0. The Morgan fingerprint density at radius 1 is 1.30 bits per heavy atom. The number of hydrogen-bond donors (Lipinski definition) is 1.